The van der Waals surface area contributed by atoms with E-state index in [1.165, 1.54) is 0 Å². The van der Waals surface area contributed by atoms with E-state index in [1.54, 1.807) is 0 Å². The minimum atomic E-state index is 0.403. The van der Waals surface area contributed by atoms with Gasteiger partial charge in [0, 0.05) is 6.54 Å². The minimum absolute atomic E-state index is 0.403. The van der Waals surface area contributed by atoms with Gasteiger partial charge < -0.3 is 0 Å². The summed E-state index contributed by atoms with van der Waals surface area (Å²) in [5.74, 6) is 0.560. The molecule has 0 saturated carbocycles. The molecule has 9 heavy (non-hydrogen) atoms. The van der Waals surface area contributed by atoms with Crippen molar-refractivity contribution in [3.05, 3.63) is 0 Å². The van der Waals surface area contributed by atoms with Crippen LogP contribution < -0.4 is 5.73 Å². The van der Waals surface area contributed by atoms with Crippen LogP contribution in [0.1, 0.15) is 34.1 Å². The van der Waals surface area contributed by atoms with Gasteiger partial charge in [-0.05, 0) is 17.8 Å². The molecule has 0 saturated heterocycles. The Kier molecular flexibility index (Phi) is 3.20. The SMILES string of the molecule is CC(C[NH])CC(C)(C)C. The lowest BCUT2D eigenvalue weighted by molar-refractivity contribution is 0.310. The smallest absolute Gasteiger partial charge is 0.0126 e. The highest BCUT2D eigenvalue weighted by atomic mass is 14.5. The summed E-state index contributed by atoms with van der Waals surface area (Å²) >= 11 is 0. The molecule has 0 aliphatic carbocycles. The van der Waals surface area contributed by atoms with Gasteiger partial charge in [0.05, 0.1) is 0 Å². The lowest BCUT2D eigenvalue weighted by Gasteiger charge is -2.21. The molecule has 0 heterocycles. The van der Waals surface area contributed by atoms with Crippen LogP contribution in [0.25, 0.3) is 0 Å². The van der Waals surface area contributed by atoms with E-state index in [0.29, 0.717) is 17.9 Å². The maximum absolute atomic E-state index is 7.09. The Bertz CT molecular complexity index is 71.1. The van der Waals surface area contributed by atoms with Crippen LogP contribution in [0, 0.1) is 11.3 Å². The van der Waals surface area contributed by atoms with Crippen molar-refractivity contribution >= 4 is 0 Å². The van der Waals surface area contributed by atoms with Crippen molar-refractivity contribution in [1.82, 2.24) is 5.73 Å². The minimum Gasteiger partial charge on any atom is -0.258 e. The summed E-state index contributed by atoms with van der Waals surface area (Å²) in [6.45, 7) is 9.37. The van der Waals surface area contributed by atoms with Gasteiger partial charge in [-0.2, -0.15) is 0 Å². The van der Waals surface area contributed by atoms with E-state index in [2.05, 4.69) is 27.7 Å². The van der Waals surface area contributed by atoms with Crippen LogP contribution in [-0.4, -0.2) is 6.54 Å². The van der Waals surface area contributed by atoms with Gasteiger partial charge >= 0.3 is 0 Å². The van der Waals surface area contributed by atoms with E-state index in [0.717, 1.165) is 6.42 Å². The van der Waals surface area contributed by atoms with Crippen molar-refractivity contribution in [2.45, 2.75) is 34.1 Å². The molecular formula is C8H18N. The van der Waals surface area contributed by atoms with Gasteiger partial charge in [-0.25, -0.2) is 0 Å². The van der Waals surface area contributed by atoms with Crippen molar-refractivity contribution < 1.29 is 0 Å². The van der Waals surface area contributed by atoms with Crippen molar-refractivity contribution in [3.8, 4) is 0 Å². The van der Waals surface area contributed by atoms with Crippen LogP contribution in [0.3, 0.4) is 0 Å². The Morgan fingerprint density at radius 2 is 1.78 bits per heavy atom. The molecule has 1 unspecified atom stereocenters. The monoisotopic (exact) mass is 128 g/mol. The van der Waals surface area contributed by atoms with Gasteiger partial charge in [0.15, 0.2) is 0 Å². The standard InChI is InChI=1S/C8H18N/c1-7(6-9)5-8(2,3)4/h7,9H,5-6H2,1-4H3. The van der Waals surface area contributed by atoms with Crippen molar-refractivity contribution in [3.63, 3.8) is 0 Å². The molecule has 0 rings (SSSR count). The zero-order chi connectivity index (χ0) is 7.49. The number of hydrogen-bond donors (Lipinski definition) is 0. The van der Waals surface area contributed by atoms with Crippen molar-refractivity contribution in [1.29, 1.82) is 0 Å². The molecule has 0 aromatic rings. The number of hydrogen-bond acceptors (Lipinski definition) is 0. The van der Waals surface area contributed by atoms with Gasteiger partial charge in [0.25, 0.3) is 0 Å². The molecule has 1 radical (unpaired) electrons. The Balaban J connectivity index is 3.47. The molecule has 0 bridgehead atoms. The van der Waals surface area contributed by atoms with Crippen LogP contribution in [0.2, 0.25) is 0 Å². The summed E-state index contributed by atoms with van der Waals surface area (Å²) in [6.07, 6.45) is 1.16. The van der Waals surface area contributed by atoms with E-state index in [1.807, 2.05) is 0 Å². The fourth-order valence-corrected chi connectivity index (χ4v) is 1.12. The third-order valence-corrected chi connectivity index (χ3v) is 1.31. The largest absolute Gasteiger partial charge is 0.258 e. The summed E-state index contributed by atoms with van der Waals surface area (Å²) in [5.41, 5.74) is 7.49. The maximum atomic E-state index is 7.09. The summed E-state index contributed by atoms with van der Waals surface area (Å²) in [6, 6.07) is 0. The number of nitrogens with one attached hydrogen (secondary N) is 1. The zero-order valence-corrected chi connectivity index (χ0v) is 6.99. The summed E-state index contributed by atoms with van der Waals surface area (Å²) < 4.78 is 0. The Morgan fingerprint density at radius 3 is 1.89 bits per heavy atom. The Hall–Kier alpha value is -0.0400. The topological polar surface area (TPSA) is 23.8 Å². The summed E-state index contributed by atoms with van der Waals surface area (Å²) in [4.78, 5) is 0. The quantitative estimate of drug-likeness (QED) is 0.545. The lowest BCUT2D eigenvalue weighted by Crippen LogP contribution is -2.13. The molecule has 55 valence electrons. The molecule has 0 aromatic heterocycles. The predicted octanol–water partition coefficient (Wildman–Crippen LogP) is 2.34. The third kappa shape index (κ3) is 5.84. The average Bonchev–Trinajstić information content (AvgIpc) is 1.62. The molecule has 0 aliphatic heterocycles. The molecule has 1 heteroatoms. The molecular weight excluding hydrogens is 110 g/mol. The highest BCUT2D eigenvalue weighted by Gasteiger charge is 2.13. The fraction of sp³-hybridized carbons (Fsp3) is 1.00. The Morgan fingerprint density at radius 1 is 1.33 bits per heavy atom. The van der Waals surface area contributed by atoms with Gasteiger partial charge in [0.1, 0.15) is 0 Å². The predicted molar refractivity (Wildman–Crippen MR) is 41.2 cm³/mol. The average molecular weight is 128 g/mol. The number of rotatable bonds is 2. The first-order valence-electron chi connectivity index (χ1n) is 3.60. The van der Waals surface area contributed by atoms with Crippen molar-refractivity contribution in [2.75, 3.05) is 6.54 Å². The van der Waals surface area contributed by atoms with Crippen LogP contribution in [0.15, 0.2) is 0 Å². The van der Waals surface area contributed by atoms with Gasteiger partial charge in [0.2, 0.25) is 0 Å². The summed E-state index contributed by atoms with van der Waals surface area (Å²) in [7, 11) is 0. The van der Waals surface area contributed by atoms with Crippen LogP contribution in [0.4, 0.5) is 0 Å². The molecule has 0 fully saturated rings. The first kappa shape index (κ1) is 8.96. The first-order chi connectivity index (χ1) is 3.95. The van der Waals surface area contributed by atoms with Gasteiger partial charge in [-0.3, -0.25) is 5.73 Å². The van der Waals surface area contributed by atoms with Crippen molar-refractivity contribution in [2.24, 2.45) is 11.3 Å². The molecule has 0 amide bonds. The second-order valence-corrected chi connectivity index (χ2v) is 4.07. The third-order valence-electron chi connectivity index (χ3n) is 1.31. The van der Waals surface area contributed by atoms with E-state index >= 15 is 0 Å². The second kappa shape index (κ2) is 3.21. The molecule has 1 N–H and O–H groups in total. The molecule has 0 aliphatic rings. The zero-order valence-electron chi connectivity index (χ0n) is 6.99. The lowest BCUT2D eigenvalue weighted by atomic mass is 9.86. The van der Waals surface area contributed by atoms with Gasteiger partial charge in [-0.15, -0.1) is 0 Å². The van der Waals surface area contributed by atoms with Crippen LogP contribution in [-0.2, 0) is 0 Å². The second-order valence-electron chi connectivity index (χ2n) is 4.07. The fourth-order valence-electron chi connectivity index (χ4n) is 1.12. The van der Waals surface area contributed by atoms with E-state index in [9.17, 15) is 0 Å². The highest BCUT2D eigenvalue weighted by molar-refractivity contribution is 4.65. The first-order valence-corrected chi connectivity index (χ1v) is 3.60. The molecule has 1 atom stereocenters. The summed E-state index contributed by atoms with van der Waals surface area (Å²) in [5, 5.41) is 0. The molecule has 0 spiro atoms. The highest BCUT2D eigenvalue weighted by Crippen LogP contribution is 2.23. The van der Waals surface area contributed by atoms with E-state index in [4.69, 9.17) is 5.73 Å². The molecule has 0 aromatic carbocycles. The van der Waals surface area contributed by atoms with Gasteiger partial charge in [-0.1, -0.05) is 27.7 Å². The Labute approximate surface area is 58.6 Å². The normalized spacial score (nSPS) is 15.7. The van der Waals surface area contributed by atoms with E-state index < -0.39 is 0 Å². The van der Waals surface area contributed by atoms with E-state index in [-0.39, 0.29) is 0 Å². The molecule has 1 nitrogen and oxygen atoms in total. The van der Waals surface area contributed by atoms with Crippen LogP contribution in [0.5, 0.6) is 0 Å². The maximum Gasteiger partial charge on any atom is 0.0126 e. The van der Waals surface area contributed by atoms with Crippen LogP contribution >= 0.6 is 0 Å².